The quantitative estimate of drug-likeness (QED) is 0.803. The molecule has 1 aromatic rings. The Morgan fingerprint density at radius 1 is 1.40 bits per heavy atom. The number of hydrogen-bond donors (Lipinski definition) is 1. The van der Waals surface area contributed by atoms with Crippen LogP contribution in [0.25, 0.3) is 0 Å². The molecule has 1 aliphatic rings. The average Bonchev–Trinajstić information content (AvgIpc) is 2.57. The Morgan fingerprint density at radius 2 is 2.07 bits per heavy atom. The van der Waals surface area contributed by atoms with E-state index in [1.165, 1.54) is 0 Å². The molecule has 0 saturated carbocycles. The van der Waals surface area contributed by atoms with Crippen LogP contribution in [-0.4, -0.2) is 17.0 Å². The second kappa shape index (κ2) is 3.76. The minimum absolute atomic E-state index is 0.227. The second-order valence-corrected chi connectivity index (χ2v) is 3.71. The van der Waals surface area contributed by atoms with Crippen LogP contribution in [0, 0.1) is 0 Å². The fraction of sp³-hybridized carbons (Fsp3) is 0.417. The second-order valence-electron chi connectivity index (χ2n) is 3.71. The molecule has 2 atom stereocenters. The van der Waals surface area contributed by atoms with Gasteiger partial charge in [-0.25, -0.2) is 0 Å². The number of ether oxygens (including phenoxy) is 1. The molecule has 1 heterocycles. The van der Waals surface area contributed by atoms with Crippen molar-refractivity contribution in [1.29, 1.82) is 0 Å². The van der Waals surface area contributed by atoms with Crippen LogP contribution < -0.4 is 0 Å². The summed E-state index contributed by atoms with van der Waals surface area (Å²) >= 11 is 0. The van der Waals surface area contributed by atoms with E-state index in [1.54, 1.807) is 6.92 Å². The van der Waals surface area contributed by atoms with Crippen molar-refractivity contribution in [3.63, 3.8) is 0 Å². The first-order chi connectivity index (χ1) is 7.16. The summed E-state index contributed by atoms with van der Waals surface area (Å²) in [5.74, 6) is -1.33. The molecule has 0 fully saturated rings. The first kappa shape index (κ1) is 10.3. The molecule has 0 aliphatic carbocycles. The molecule has 3 nitrogen and oxygen atoms in total. The molecule has 80 valence electrons. The number of rotatable bonds is 2. The van der Waals surface area contributed by atoms with E-state index < -0.39 is 5.79 Å². The van der Waals surface area contributed by atoms with Crippen molar-refractivity contribution in [3.05, 3.63) is 35.9 Å². The van der Waals surface area contributed by atoms with Gasteiger partial charge in [0.15, 0.2) is 6.23 Å². The van der Waals surface area contributed by atoms with Gasteiger partial charge in [0.1, 0.15) is 0 Å². The predicted octanol–water partition coefficient (Wildman–Crippen LogP) is 2.06. The highest BCUT2D eigenvalue weighted by Crippen LogP contribution is 2.32. The van der Waals surface area contributed by atoms with Gasteiger partial charge in [0.25, 0.3) is 0 Å². The standard InChI is InChI=1S/C12H15NO2/c1-3-11-13-9(2)12(14,15-11)10-7-5-4-6-8-10/h4-8,11,14H,3H2,1-2H3/t11-,12+/m1/s1. The fourth-order valence-electron chi connectivity index (χ4n) is 1.73. The van der Waals surface area contributed by atoms with Crippen molar-refractivity contribution in [3.8, 4) is 0 Å². The van der Waals surface area contributed by atoms with Crippen LogP contribution in [0.4, 0.5) is 0 Å². The van der Waals surface area contributed by atoms with Gasteiger partial charge in [-0.2, -0.15) is 0 Å². The highest BCUT2D eigenvalue weighted by Gasteiger charge is 2.41. The molecule has 0 amide bonds. The summed E-state index contributed by atoms with van der Waals surface area (Å²) in [6, 6.07) is 9.35. The summed E-state index contributed by atoms with van der Waals surface area (Å²) in [6.07, 6.45) is 0.544. The third kappa shape index (κ3) is 1.68. The topological polar surface area (TPSA) is 41.8 Å². The molecule has 1 N–H and O–H groups in total. The zero-order chi connectivity index (χ0) is 10.9. The molecule has 0 spiro atoms. The summed E-state index contributed by atoms with van der Waals surface area (Å²) in [5, 5.41) is 10.4. The first-order valence-electron chi connectivity index (χ1n) is 5.17. The van der Waals surface area contributed by atoms with Crippen molar-refractivity contribution in [2.24, 2.45) is 4.99 Å². The van der Waals surface area contributed by atoms with Crippen LogP contribution >= 0.6 is 0 Å². The third-order valence-corrected chi connectivity index (χ3v) is 2.65. The van der Waals surface area contributed by atoms with E-state index >= 15 is 0 Å². The lowest BCUT2D eigenvalue weighted by molar-refractivity contribution is -0.171. The number of hydrogen-bond acceptors (Lipinski definition) is 3. The number of nitrogens with zero attached hydrogens (tertiary/aromatic N) is 1. The van der Waals surface area contributed by atoms with Crippen molar-refractivity contribution in [2.75, 3.05) is 0 Å². The molecule has 3 heteroatoms. The third-order valence-electron chi connectivity index (χ3n) is 2.65. The van der Waals surface area contributed by atoms with E-state index in [0.29, 0.717) is 5.71 Å². The lowest BCUT2D eigenvalue weighted by Gasteiger charge is -2.23. The monoisotopic (exact) mass is 205 g/mol. The van der Waals surface area contributed by atoms with Crippen molar-refractivity contribution in [2.45, 2.75) is 32.3 Å². The maximum absolute atomic E-state index is 10.4. The summed E-state index contributed by atoms with van der Waals surface area (Å²) < 4.78 is 5.55. The van der Waals surface area contributed by atoms with Gasteiger partial charge in [-0.1, -0.05) is 37.3 Å². The summed E-state index contributed by atoms with van der Waals surface area (Å²) in [6.45, 7) is 3.78. The summed E-state index contributed by atoms with van der Waals surface area (Å²) in [7, 11) is 0. The van der Waals surface area contributed by atoms with E-state index in [9.17, 15) is 5.11 Å². The van der Waals surface area contributed by atoms with Crippen LogP contribution in [0.1, 0.15) is 25.8 Å². The molecular weight excluding hydrogens is 190 g/mol. The molecule has 1 aromatic carbocycles. The molecule has 0 bridgehead atoms. The molecule has 15 heavy (non-hydrogen) atoms. The lowest BCUT2D eigenvalue weighted by Crippen LogP contribution is -2.33. The Morgan fingerprint density at radius 3 is 2.60 bits per heavy atom. The fourth-order valence-corrected chi connectivity index (χ4v) is 1.73. The normalized spacial score (nSPS) is 30.3. The average molecular weight is 205 g/mol. The molecular formula is C12H15NO2. The van der Waals surface area contributed by atoms with Gasteiger partial charge in [-0.15, -0.1) is 0 Å². The van der Waals surface area contributed by atoms with Crippen LogP contribution in [-0.2, 0) is 10.5 Å². The Balaban J connectivity index is 2.34. The van der Waals surface area contributed by atoms with Crippen LogP contribution in [0.15, 0.2) is 35.3 Å². The zero-order valence-corrected chi connectivity index (χ0v) is 8.97. The van der Waals surface area contributed by atoms with Crippen molar-refractivity contribution >= 4 is 5.71 Å². The minimum Gasteiger partial charge on any atom is -0.357 e. The lowest BCUT2D eigenvalue weighted by atomic mass is 10.0. The Bertz CT molecular complexity index is 374. The van der Waals surface area contributed by atoms with E-state index in [-0.39, 0.29) is 6.23 Å². The van der Waals surface area contributed by atoms with Crippen LogP contribution in [0.3, 0.4) is 0 Å². The van der Waals surface area contributed by atoms with Gasteiger partial charge in [0.2, 0.25) is 5.79 Å². The van der Waals surface area contributed by atoms with Gasteiger partial charge in [-0.3, -0.25) is 4.99 Å². The van der Waals surface area contributed by atoms with E-state index in [4.69, 9.17) is 4.74 Å². The molecule has 0 radical (unpaired) electrons. The molecule has 0 unspecified atom stereocenters. The van der Waals surface area contributed by atoms with Crippen LogP contribution in [0.2, 0.25) is 0 Å². The van der Waals surface area contributed by atoms with E-state index in [0.717, 1.165) is 12.0 Å². The predicted molar refractivity (Wildman–Crippen MR) is 58.6 cm³/mol. The highest BCUT2D eigenvalue weighted by atomic mass is 16.6. The number of benzene rings is 1. The zero-order valence-electron chi connectivity index (χ0n) is 8.97. The Hall–Kier alpha value is -1.19. The van der Waals surface area contributed by atoms with Crippen LogP contribution in [0.5, 0.6) is 0 Å². The molecule has 0 saturated heterocycles. The van der Waals surface area contributed by atoms with Crippen molar-refractivity contribution < 1.29 is 9.84 Å². The minimum atomic E-state index is -1.33. The number of aliphatic imine (C=N–C) groups is 1. The molecule has 1 aliphatic heterocycles. The van der Waals surface area contributed by atoms with Gasteiger partial charge >= 0.3 is 0 Å². The molecule has 0 aromatic heterocycles. The maximum atomic E-state index is 10.4. The molecule has 2 rings (SSSR count). The van der Waals surface area contributed by atoms with Gasteiger partial charge in [0.05, 0.1) is 5.71 Å². The number of aliphatic hydroxyl groups is 1. The van der Waals surface area contributed by atoms with E-state index in [1.807, 2.05) is 37.3 Å². The van der Waals surface area contributed by atoms with Crippen molar-refractivity contribution in [1.82, 2.24) is 0 Å². The Kier molecular flexibility index (Phi) is 2.59. The largest absolute Gasteiger partial charge is 0.357 e. The summed E-state index contributed by atoms with van der Waals surface area (Å²) in [4.78, 5) is 4.28. The van der Waals surface area contributed by atoms with E-state index in [2.05, 4.69) is 4.99 Å². The first-order valence-corrected chi connectivity index (χ1v) is 5.17. The van der Waals surface area contributed by atoms with Gasteiger partial charge in [0, 0.05) is 5.56 Å². The summed E-state index contributed by atoms with van der Waals surface area (Å²) in [5.41, 5.74) is 1.36. The highest BCUT2D eigenvalue weighted by molar-refractivity contribution is 5.91. The van der Waals surface area contributed by atoms with Gasteiger partial charge < -0.3 is 9.84 Å². The SMILES string of the molecule is CC[C@@H]1N=C(C)[C@@](O)(c2ccccc2)O1. The Labute approximate surface area is 89.4 Å². The smallest absolute Gasteiger partial charge is 0.234 e. The van der Waals surface area contributed by atoms with Gasteiger partial charge in [-0.05, 0) is 13.3 Å². The maximum Gasteiger partial charge on any atom is 0.234 e.